The topological polar surface area (TPSA) is 69.6 Å². The summed E-state index contributed by atoms with van der Waals surface area (Å²) in [7, 11) is 0. The summed E-state index contributed by atoms with van der Waals surface area (Å²) in [5.41, 5.74) is 0. The molecule has 5 heteroatoms. The molecule has 0 spiro atoms. The van der Waals surface area contributed by atoms with Crippen LogP contribution in [-0.2, 0) is 9.59 Å². The third kappa shape index (κ3) is 9.78. The lowest BCUT2D eigenvalue weighted by atomic mass is 10.0. The molecule has 0 saturated heterocycles. The summed E-state index contributed by atoms with van der Waals surface area (Å²) in [6.07, 6.45) is 3.23. The van der Waals surface area contributed by atoms with Gasteiger partial charge in [-0.3, -0.25) is 14.5 Å². The maximum atomic E-state index is 11.9. The molecule has 0 aliphatic rings. The highest BCUT2D eigenvalue weighted by atomic mass is 16.4. The van der Waals surface area contributed by atoms with Crippen LogP contribution in [0.25, 0.3) is 0 Å². The van der Waals surface area contributed by atoms with Gasteiger partial charge >= 0.3 is 5.97 Å². The van der Waals surface area contributed by atoms with Crippen molar-refractivity contribution in [1.29, 1.82) is 0 Å². The Labute approximate surface area is 122 Å². The number of carboxylic acid groups (broad SMARTS) is 1. The lowest BCUT2D eigenvalue weighted by Gasteiger charge is -2.24. The number of nitrogens with one attached hydrogen (secondary N) is 1. The SMILES string of the molecule is CC(C)CCCC(C)NC(=O)CN(CC(=O)O)C(C)C. The second-order valence-corrected chi connectivity index (χ2v) is 6.19. The highest BCUT2D eigenvalue weighted by Gasteiger charge is 2.17. The smallest absolute Gasteiger partial charge is 0.317 e. The Morgan fingerprint density at radius 1 is 1.05 bits per heavy atom. The van der Waals surface area contributed by atoms with Crippen LogP contribution in [-0.4, -0.2) is 47.1 Å². The fourth-order valence-corrected chi connectivity index (χ4v) is 2.00. The maximum absolute atomic E-state index is 11.9. The van der Waals surface area contributed by atoms with E-state index in [0.29, 0.717) is 5.92 Å². The summed E-state index contributed by atoms with van der Waals surface area (Å²) in [6, 6.07) is 0.174. The van der Waals surface area contributed by atoms with Crippen LogP contribution in [0.15, 0.2) is 0 Å². The highest BCUT2D eigenvalue weighted by Crippen LogP contribution is 2.08. The number of amides is 1. The van der Waals surface area contributed by atoms with Gasteiger partial charge in [0.25, 0.3) is 0 Å². The van der Waals surface area contributed by atoms with Crippen LogP contribution in [0.2, 0.25) is 0 Å². The first-order chi connectivity index (χ1) is 9.22. The van der Waals surface area contributed by atoms with Crippen LogP contribution < -0.4 is 5.32 Å². The third-order valence-corrected chi connectivity index (χ3v) is 3.24. The van der Waals surface area contributed by atoms with Gasteiger partial charge in [-0.1, -0.05) is 26.7 Å². The second kappa shape index (κ2) is 9.75. The average Bonchev–Trinajstić information content (AvgIpc) is 2.26. The quantitative estimate of drug-likeness (QED) is 0.645. The number of carbonyl (C=O) groups excluding carboxylic acids is 1. The van der Waals surface area contributed by atoms with Gasteiger partial charge in [0.2, 0.25) is 5.91 Å². The molecule has 118 valence electrons. The zero-order valence-electron chi connectivity index (χ0n) is 13.5. The van der Waals surface area contributed by atoms with Crippen LogP contribution >= 0.6 is 0 Å². The van der Waals surface area contributed by atoms with Crippen LogP contribution in [0.4, 0.5) is 0 Å². The molecule has 0 radical (unpaired) electrons. The Bertz CT molecular complexity index is 303. The van der Waals surface area contributed by atoms with Crippen molar-refractivity contribution < 1.29 is 14.7 Å². The fraction of sp³-hybridized carbons (Fsp3) is 0.867. The number of aliphatic carboxylic acids is 1. The van der Waals surface area contributed by atoms with Crippen LogP contribution in [0.3, 0.4) is 0 Å². The first-order valence-corrected chi connectivity index (χ1v) is 7.47. The van der Waals surface area contributed by atoms with Gasteiger partial charge < -0.3 is 10.4 Å². The van der Waals surface area contributed by atoms with E-state index in [1.165, 1.54) is 0 Å². The van der Waals surface area contributed by atoms with Crippen LogP contribution in [0.5, 0.6) is 0 Å². The summed E-state index contributed by atoms with van der Waals surface area (Å²) in [4.78, 5) is 24.3. The van der Waals surface area contributed by atoms with Crippen LogP contribution in [0.1, 0.15) is 53.9 Å². The van der Waals surface area contributed by atoms with E-state index in [1.54, 1.807) is 4.90 Å². The van der Waals surface area contributed by atoms with Gasteiger partial charge in [-0.25, -0.2) is 0 Å². The maximum Gasteiger partial charge on any atom is 0.317 e. The predicted octanol–water partition coefficient (Wildman–Crippen LogP) is 2.11. The highest BCUT2D eigenvalue weighted by molar-refractivity contribution is 5.79. The standard InChI is InChI=1S/C15H30N2O3/c1-11(2)7-6-8-13(5)16-14(18)9-17(12(3)4)10-15(19)20/h11-13H,6-10H2,1-5H3,(H,16,18)(H,19,20). The Morgan fingerprint density at radius 3 is 2.10 bits per heavy atom. The largest absolute Gasteiger partial charge is 0.480 e. The van der Waals surface area contributed by atoms with Gasteiger partial charge in [0.05, 0.1) is 13.1 Å². The van der Waals surface area contributed by atoms with E-state index < -0.39 is 5.97 Å². The van der Waals surface area contributed by atoms with E-state index in [4.69, 9.17) is 5.11 Å². The molecular formula is C15H30N2O3. The summed E-state index contributed by atoms with van der Waals surface area (Å²) in [6.45, 7) is 10.2. The number of nitrogens with zero attached hydrogens (tertiary/aromatic N) is 1. The van der Waals surface area contributed by atoms with E-state index in [2.05, 4.69) is 19.2 Å². The molecule has 1 atom stereocenters. The van der Waals surface area contributed by atoms with E-state index in [1.807, 2.05) is 20.8 Å². The van der Waals surface area contributed by atoms with Gasteiger partial charge in [0.15, 0.2) is 0 Å². The molecule has 0 saturated carbocycles. The second-order valence-electron chi connectivity index (χ2n) is 6.19. The molecule has 0 aromatic rings. The minimum atomic E-state index is -0.906. The number of carbonyl (C=O) groups is 2. The van der Waals surface area contributed by atoms with E-state index in [-0.39, 0.29) is 31.1 Å². The van der Waals surface area contributed by atoms with Gasteiger partial charge in [-0.05, 0) is 33.1 Å². The number of hydrogen-bond donors (Lipinski definition) is 2. The lowest BCUT2D eigenvalue weighted by molar-refractivity contribution is -0.139. The van der Waals surface area contributed by atoms with Gasteiger partial charge in [0.1, 0.15) is 0 Å². The van der Waals surface area contributed by atoms with Crippen molar-refractivity contribution in [3.05, 3.63) is 0 Å². The van der Waals surface area contributed by atoms with Crippen molar-refractivity contribution in [2.45, 2.75) is 66.0 Å². The molecule has 0 rings (SSSR count). The Hall–Kier alpha value is -1.10. The molecule has 20 heavy (non-hydrogen) atoms. The molecule has 0 fully saturated rings. The normalized spacial score (nSPS) is 13.0. The van der Waals surface area contributed by atoms with Crippen molar-refractivity contribution in [2.75, 3.05) is 13.1 Å². The van der Waals surface area contributed by atoms with Crippen molar-refractivity contribution in [2.24, 2.45) is 5.92 Å². The molecular weight excluding hydrogens is 256 g/mol. The number of carboxylic acids is 1. The molecule has 0 heterocycles. The Morgan fingerprint density at radius 2 is 1.65 bits per heavy atom. The molecule has 5 nitrogen and oxygen atoms in total. The summed E-state index contributed by atoms with van der Waals surface area (Å²) in [5, 5.41) is 11.8. The molecule has 0 aromatic heterocycles. The van der Waals surface area contributed by atoms with Gasteiger partial charge in [-0.2, -0.15) is 0 Å². The van der Waals surface area contributed by atoms with E-state index >= 15 is 0 Å². The molecule has 0 aliphatic heterocycles. The molecule has 0 aromatic carbocycles. The minimum Gasteiger partial charge on any atom is -0.480 e. The third-order valence-electron chi connectivity index (χ3n) is 3.24. The van der Waals surface area contributed by atoms with E-state index in [9.17, 15) is 9.59 Å². The minimum absolute atomic E-state index is 0.0353. The predicted molar refractivity (Wildman–Crippen MR) is 80.6 cm³/mol. The zero-order chi connectivity index (χ0) is 15.7. The molecule has 0 bridgehead atoms. The first-order valence-electron chi connectivity index (χ1n) is 7.47. The molecule has 1 amide bonds. The first kappa shape index (κ1) is 18.9. The van der Waals surface area contributed by atoms with Crippen molar-refractivity contribution in [3.8, 4) is 0 Å². The molecule has 1 unspecified atom stereocenters. The fourth-order valence-electron chi connectivity index (χ4n) is 2.00. The number of rotatable bonds is 10. The van der Waals surface area contributed by atoms with Crippen LogP contribution in [0, 0.1) is 5.92 Å². The van der Waals surface area contributed by atoms with Crippen molar-refractivity contribution in [3.63, 3.8) is 0 Å². The molecule has 2 N–H and O–H groups in total. The summed E-state index contributed by atoms with van der Waals surface area (Å²) >= 11 is 0. The van der Waals surface area contributed by atoms with Crippen molar-refractivity contribution in [1.82, 2.24) is 10.2 Å². The van der Waals surface area contributed by atoms with Crippen molar-refractivity contribution >= 4 is 11.9 Å². The Kier molecular flexibility index (Phi) is 9.21. The lowest BCUT2D eigenvalue weighted by Crippen LogP contribution is -2.45. The van der Waals surface area contributed by atoms with Gasteiger partial charge in [-0.15, -0.1) is 0 Å². The molecule has 0 aliphatic carbocycles. The van der Waals surface area contributed by atoms with Gasteiger partial charge in [0, 0.05) is 12.1 Å². The van der Waals surface area contributed by atoms with E-state index in [0.717, 1.165) is 19.3 Å². The average molecular weight is 286 g/mol. The monoisotopic (exact) mass is 286 g/mol. The summed E-state index contributed by atoms with van der Waals surface area (Å²) < 4.78 is 0. The number of hydrogen-bond acceptors (Lipinski definition) is 3. The Balaban J connectivity index is 4.08. The summed E-state index contributed by atoms with van der Waals surface area (Å²) in [5.74, 6) is -0.321. The zero-order valence-corrected chi connectivity index (χ0v) is 13.5.